The third kappa shape index (κ3) is 5.48. The van der Waals surface area contributed by atoms with Gasteiger partial charge >= 0.3 is 0 Å². The van der Waals surface area contributed by atoms with Crippen LogP contribution in [0.15, 0.2) is 48.5 Å². The number of carbonyl (C=O) groups excluding carboxylic acids is 1. The smallest absolute Gasteiger partial charge is 0.246 e. The van der Waals surface area contributed by atoms with Gasteiger partial charge in [0.15, 0.2) is 0 Å². The molecule has 1 aliphatic heterocycles. The Hall–Kier alpha value is -2.01. The van der Waals surface area contributed by atoms with Crippen LogP contribution < -0.4 is 4.74 Å². The molecule has 6 heteroatoms. The molecular formula is C21H22Cl2N2O2. The van der Waals surface area contributed by atoms with Crippen molar-refractivity contribution in [1.29, 1.82) is 0 Å². The summed E-state index contributed by atoms with van der Waals surface area (Å²) in [5.41, 5.74) is 2.03. The third-order valence-corrected chi connectivity index (χ3v) is 5.21. The van der Waals surface area contributed by atoms with Gasteiger partial charge in [0.2, 0.25) is 5.91 Å². The highest BCUT2D eigenvalue weighted by Gasteiger charge is 2.20. The molecule has 2 aromatic carbocycles. The summed E-state index contributed by atoms with van der Waals surface area (Å²) in [5.74, 6) is 0.838. The molecule has 0 aliphatic carbocycles. The zero-order chi connectivity index (χ0) is 19.2. The van der Waals surface area contributed by atoms with Crippen molar-refractivity contribution < 1.29 is 9.53 Å². The molecule has 4 nitrogen and oxygen atoms in total. The molecule has 0 unspecified atom stereocenters. The fourth-order valence-electron chi connectivity index (χ4n) is 3.01. The van der Waals surface area contributed by atoms with Crippen LogP contribution in [-0.4, -0.2) is 49.0 Å². The second-order valence-electron chi connectivity index (χ2n) is 6.44. The summed E-state index contributed by atoms with van der Waals surface area (Å²) in [4.78, 5) is 16.6. The molecule has 0 saturated carbocycles. The Labute approximate surface area is 169 Å². The first kappa shape index (κ1) is 19.7. The lowest BCUT2D eigenvalue weighted by Crippen LogP contribution is -2.47. The molecule has 2 aromatic rings. The Morgan fingerprint density at radius 2 is 1.78 bits per heavy atom. The number of benzene rings is 2. The number of amides is 1. The summed E-state index contributed by atoms with van der Waals surface area (Å²) < 4.78 is 5.14. The first-order valence-corrected chi connectivity index (χ1v) is 9.58. The van der Waals surface area contributed by atoms with Crippen molar-refractivity contribution in [1.82, 2.24) is 9.80 Å². The van der Waals surface area contributed by atoms with Gasteiger partial charge in [-0.15, -0.1) is 0 Å². The summed E-state index contributed by atoms with van der Waals surface area (Å²) in [7, 11) is 1.63. The molecule has 0 aromatic heterocycles. The fraction of sp³-hybridized carbons (Fsp3) is 0.286. The molecule has 3 rings (SSSR count). The van der Waals surface area contributed by atoms with Crippen molar-refractivity contribution >= 4 is 35.2 Å². The number of halogens is 2. The van der Waals surface area contributed by atoms with Crippen LogP contribution in [0.2, 0.25) is 10.0 Å². The van der Waals surface area contributed by atoms with Gasteiger partial charge in [-0.1, -0.05) is 41.4 Å². The van der Waals surface area contributed by atoms with Crippen LogP contribution in [-0.2, 0) is 11.3 Å². The van der Waals surface area contributed by atoms with E-state index < -0.39 is 0 Å². The highest BCUT2D eigenvalue weighted by molar-refractivity contribution is 6.35. The van der Waals surface area contributed by atoms with Crippen molar-refractivity contribution in [3.63, 3.8) is 0 Å². The molecule has 1 amide bonds. The minimum absolute atomic E-state index is 0.0370. The van der Waals surface area contributed by atoms with Gasteiger partial charge in [-0.3, -0.25) is 9.69 Å². The van der Waals surface area contributed by atoms with Gasteiger partial charge in [0, 0.05) is 48.8 Å². The number of ether oxygens (including phenoxy) is 1. The molecule has 1 heterocycles. The molecular weight excluding hydrogens is 383 g/mol. The van der Waals surface area contributed by atoms with Crippen LogP contribution in [0.25, 0.3) is 6.08 Å². The Morgan fingerprint density at radius 1 is 1.07 bits per heavy atom. The van der Waals surface area contributed by atoms with E-state index >= 15 is 0 Å². The molecule has 0 spiro atoms. The third-order valence-electron chi connectivity index (χ3n) is 4.63. The summed E-state index contributed by atoms with van der Waals surface area (Å²) >= 11 is 12.2. The first-order chi connectivity index (χ1) is 13.0. The number of nitrogens with zero attached hydrogens (tertiary/aromatic N) is 2. The van der Waals surface area contributed by atoms with Crippen molar-refractivity contribution in [2.75, 3.05) is 33.3 Å². The predicted octanol–water partition coefficient (Wildman–Crippen LogP) is 4.36. The number of piperazine rings is 1. The van der Waals surface area contributed by atoms with E-state index in [-0.39, 0.29) is 5.91 Å². The van der Waals surface area contributed by atoms with Crippen molar-refractivity contribution in [2.45, 2.75) is 6.54 Å². The molecule has 142 valence electrons. The van der Waals surface area contributed by atoms with Gasteiger partial charge in [0.05, 0.1) is 7.11 Å². The maximum absolute atomic E-state index is 12.4. The minimum Gasteiger partial charge on any atom is -0.497 e. The van der Waals surface area contributed by atoms with E-state index in [1.807, 2.05) is 47.4 Å². The van der Waals surface area contributed by atoms with Gasteiger partial charge in [0.25, 0.3) is 0 Å². The molecule has 0 atom stereocenters. The van der Waals surface area contributed by atoms with E-state index in [4.69, 9.17) is 27.9 Å². The van der Waals surface area contributed by atoms with Gasteiger partial charge in [-0.05, 0) is 41.5 Å². The van der Waals surface area contributed by atoms with Crippen molar-refractivity contribution in [2.24, 2.45) is 0 Å². The van der Waals surface area contributed by atoms with E-state index in [2.05, 4.69) is 4.90 Å². The Morgan fingerprint density at radius 3 is 2.41 bits per heavy atom. The quantitative estimate of drug-likeness (QED) is 0.693. The van der Waals surface area contributed by atoms with E-state index in [0.29, 0.717) is 23.1 Å². The number of carbonyl (C=O) groups is 1. The molecule has 1 fully saturated rings. The lowest BCUT2D eigenvalue weighted by atomic mass is 10.2. The van der Waals surface area contributed by atoms with E-state index in [1.165, 1.54) is 0 Å². The maximum atomic E-state index is 12.4. The average molecular weight is 405 g/mol. The SMILES string of the molecule is COc1ccc(/C=C/C(=O)N2CCN(Cc3ccc(Cl)cc3Cl)CC2)cc1. The largest absolute Gasteiger partial charge is 0.497 e. The Bertz CT molecular complexity index is 813. The topological polar surface area (TPSA) is 32.8 Å². The Balaban J connectivity index is 1.50. The summed E-state index contributed by atoms with van der Waals surface area (Å²) in [5, 5.41) is 1.33. The fourth-order valence-corrected chi connectivity index (χ4v) is 3.47. The van der Waals surface area contributed by atoms with E-state index in [0.717, 1.165) is 36.5 Å². The standard InChI is InChI=1S/C21H22Cl2N2O2/c1-27-19-7-2-16(3-8-19)4-9-21(26)25-12-10-24(11-13-25)15-17-5-6-18(22)14-20(17)23/h2-9,14H,10-13,15H2,1H3/b9-4+. The lowest BCUT2D eigenvalue weighted by Gasteiger charge is -2.34. The predicted molar refractivity (Wildman–Crippen MR) is 110 cm³/mol. The van der Waals surface area contributed by atoms with E-state index in [9.17, 15) is 4.79 Å². The molecule has 27 heavy (non-hydrogen) atoms. The lowest BCUT2D eigenvalue weighted by molar-refractivity contribution is -0.127. The average Bonchev–Trinajstić information content (AvgIpc) is 2.69. The highest BCUT2D eigenvalue weighted by Crippen LogP contribution is 2.22. The van der Waals surface area contributed by atoms with Crippen LogP contribution in [0.5, 0.6) is 5.75 Å². The van der Waals surface area contributed by atoms with Crippen molar-refractivity contribution in [3.05, 3.63) is 69.7 Å². The first-order valence-electron chi connectivity index (χ1n) is 8.82. The number of hydrogen-bond acceptors (Lipinski definition) is 3. The summed E-state index contributed by atoms with van der Waals surface area (Å²) in [6.07, 6.45) is 3.47. The Kier molecular flexibility index (Phi) is 6.78. The van der Waals surface area contributed by atoms with Crippen molar-refractivity contribution in [3.8, 4) is 5.75 Å². The zero-order valence-corrected chi connectivity index (χ0v) is 16.7. The highest BCUT2D eigenvalue weighted by atomic mass is 35.5. The number of methoxy groups -OCH3 is 1. The second-order valence-corrected chi connectivity index (χ2v) is 7.29. The maximum Gasteiger partial charge on any atom is 0.246 e. The van der Waals surface area contributed by atoms with Crippen LogP contribution in [0.3, 0.4) is 0 Å². The number of hydrogen-bond donors (Lipinski definition) is 0. The van der Waals surface area contributed by atoms with Crippen LogP contribution >= 0.6 is 23.2 Å². The van der Waals surface area contributed by atoms with Gasteiger partial charge < -0.3 is 9.64 Å². The normalized spacial score (nSPS) is 15.3. The molecule has 1 aliphatic rings. The van der Waals surface area contributed by atoms with Crippen LogP contribution in [0, 0.1) is 0 Å². The van der Waals surface area contributed by atoms with E-state index in [1.54, 1.807) is 19.3 Å². The monoisotopic (exact) mass is 404 g/mol. The van der Waals surface area contributed by atoms with Gasteiger partial charge in [-0.2, -0.15) is 0 Å². The molecule has 1 saturated heterocycles. The summed E-state index contributed by atoms with van der Waals surface area (Å²) in [6.45, 7) is 3.82. The van der Waals surface area contributed by atoms with Crippen LogP contribution in [0.4, 0.5) is 0 Å². The molecule has 0 radical (unpaired) electrons. The molecule has 0 bridgehead atoms. The second kappa shape index (κ2) is 9.27. The summed E-state index contributed by atoms with van der Waals surface area (Å²) in [6, 6.07) is 13.2. The van der Waals surface area contributed by atoms with Gasteiger partial charge in [0.1, 0.15) is 5.75 Å². The van der Waals surface area contributed by atoms with Crippen LogP contribution in [0.1, 0.15) is 11.1 Å². The minimum atomic E-state index is 0.0370. The van der Waals surface area contributed by atoms with Gasteiger partial charge in [-0.25, -0.2) is 0 Å². The zero-order valence-electron chi connectivity index (χ0n) is 15.2. The molecule has 0 N–H and O–H groups in total. The number of rotatable bonds is 5.